The van der Waals surface area contributed by atoms with Crippen LogP contribution in [0, 0.1) is 5.82 Å². The monoisotopic (exact) mass is 394 g/mol. The van der Waals surface area contributed by atoms with Gasteiger partial charge in [-0.15, -0.1) is 23.5 Å². The molecule has 2 aromatic carbocycles. The minimum atomic E-state index is -0.221. The number of thioether (sulfide) groups is 2. The van der Waals surface area contributed by atoms with Gasteiger partial charge in [0, 0.05) is 5.92 Å². The molecule has 0 spiro atoms. The summed E-state index contributed by atoms with van der Waals surface area (Å²) < 4.78 is 30.3. The first kappa shape index (κ1) is 19.2. The van der Waals surface area contributed by atoms with Crippen molar-refractivity contribution < 1.29 is 18.6 Å². The van der Waals surface area contributed by atoms with Crippen molar-refractivity contribution in [3.05, 3.63) is 53.3 Å². The molecule has 0 radical (unpaired) electrons. The van der Waals surface area contributed by atoms with Crippen LogP contribution >= 0.6 is 23.5 Å². The fourth-order valence-corrected chi connectivity index (χ4v) is 6.40. The average Bonchev–Trinajstić information content (AvgIpc) is 2.69. The van der Waals surface area contributed by atoms with E-state index >= 15 is 0 Å². The van der Waals surface area contributed by atoms with E-state index in [1.165, 1.54) is 18.6 Å². The molecular weight excluding hydrogens is 371 g/mol. The highest BCUT2D eigenvalue weighted by atomic mass is 32.2. The third-order valence-corrected chi connectivity index (χ3v) is 7.47. The molecular formula is C20H23FO3S2. The lowest BCUT2D eigenvalue weighted by Crippen LogP contribution is -2.18. The van der Waals surface area contributed by atoms with Gasteiger partial charge in [-0.25, -0.2) is 4.39 Å². The molecule has 1 fully saturated rings. The molecule has 3 nitrogen and oxygen atoms in total. The molecule has 2 aromatic rings. The van der Waals surface area contributed by atoms with E-state index in [0.29, 0.717) is 21.8 Å². The number of halogens is 1. The van der Waals surface area contributed by atoms with E-state index in [0.717, 1.165) is 22.6 Å². The van der Waals surface area contributed by atoms with E-state index in [4.69, 9.17) is 14.2 Å². The summed E-state index contributed by atoms with van der Waals surface area (Å²) in [6, 6.07) is 10.8. The second-order valence-electron chi connectivity index (χ2n) is 5.95. The van der Waals surface area contributed by atoms with Gasteiger partial charge in [0.2, 0.25) is 5.75 Å². The van der Waals surface area contributed by atoms with Crippen molar-refractivity contribution in [1.29, 1.82) is 0 Å². The van der Waals surface area contributed by atoms with Crippen molar-refractivity contribution in [1.82, 2.24) is 0 Å². The van der Waals surface area contributed by atoms with Crippen LogP contribution in [0.4, 0.5) is 4.39 Å². The van der Waals surface area contributed by atoms with Gasteiger partial charge in [-0.1, -0.05) is 12.1 Å². The predicted molar refractivity (Wildman–Crippen MR) is 108 cm³/mol. The van der Waals surface area contributed by atoms with Gasteiger partial charge < -0.3 is 14.2 Å². The molecule has 1 aliphatic heterocycles. The average molecular weight is 395 g/mol. The van der Waals surface area contributed by atoms with E-state index in [1.54, 1.807) is 21.3 Å². The highest BCUT2D eigenvalue weighted by molar-refractivity contribution is 8.17. The topological polar surface area (TPSA) is 27.7 Å². The van der Waals surface area contributed by atoms with Crippen LogP contribution in [0.25, 0.3) is 0 Å². The van der Waals surface area contributed by atoms with Crippen LogP contribution in [0.2, 0.25) is 0 Å². The molecule has 0 aliphatic carbocycles. The molecule has 1 aliphatic rings. The van der Waals surface area contributed by atoms with Crippen LogP contribution in [0.15, 0.2) is 36.4 Å². The second-order valence-corrected chi connectivity index (χ2v) is 8.75. The summed E-state index contributed by atoms with van der Waals surface area (Å²) in [7, 11) is 4.85. The predicted octanol–water partition coefficient (Wildman–Crippen LogP) is 5.18. The summed E-state index contributed by atoms with van der Waals surface area (Å²) in [6.45, 7) is 0. The lowest BCUT2D eigenvalue weighted by molar-refractivity contribution is 0.323. The van der Waals surface area contributed by atoms with E-state index < -0.39 is 0 Å². The van der Waals surface area contributed by atoms with Gasteiger partial charge in [-0.2, -0.15) is 0 Å². The van der Waals surface area contributed by atoms with Gasteiger partial charge in [0.15, 0.2) is 11.5 Å². The van der Waals surface area contributed by atoms with Gasteiger partial charge in [0.25, 0.3) is 0 Å². The zero-order valence-corrected chi connectivity index (χ0v) is 16.8. The largest absolute Gasteiger partial charge is 0.493 e. The maximum absolute atomic E-state index is 13.5. The van der Waals surface area contributed by atoms with Gasteiger partial charge in [-0.3, -0.25) is 0 Å². The second kappa shape index (κ2) is 8.91. The van der Waals surface area contributed by atoms with Gasteiger partial charge in [0.1, 0.15) is 5.82 Å². The quantitative estimate of drug-likeness (QED) is 0.673. The Kier molecular flexibility index (Phi) is 6.59. The fraction of sp³-hybridized carbons (Fsp3) is 0.400. The Morgan fingerprint density at radius 3 is 1.96 bits per heavy atom. The summed E-state index contributed by atoms with van der Waals surface area (Å²) in [4.78, 5) is 0. The first-order chi connectivity index (χ1) is 12.7. The number of ether oxygens (including phenoxy) is 3. The summed E-state index contributed by atoms with van der Waals surface area (Å²) >= 11 is 3.92. The van der Waals surface area contributed by atoms with Crippen molar-refractivity contribution in [2.75, 3.05) is 32.8 Å². The lowest BCUT2D eigenvalue weighted by Gasteiger charge is -2.31. The summed E-state index contributed by atoms with van der Waals surface area (Å²) in [6.07, 6.45) is 1.22. The van der Waals surface area contributed by atoms with Crippen LogP contribution in [-0.2, 0) is 0 Å². The highest BCUT2D eigenvalue weighted by Gasteiger charge is 2.30. The number of hydrogen-bond donors (Lipinski definition) is 0. The normalized spacial score (nSPS) is 16.2. The minimum Gasteiger partial charge on any atom is -0.493 e. The Morgan fingerprint density at radius 2 is 1.46 bits per heavy atom. The molecule has 0 bridgehead atoms. The van der Waals surface area contributed by atoms with E-state index in [-0.39, 0.29) is 11.7 Å². The van der Waals surface area contributed by atoms with Crippen LogP contribution in [0.1, 0.15) is 23.5 Å². The molecule has 1 atom stereocenters. The van der Waals surface area contributed by atoms with Crippen LogP contribution < -0.4 is 14.2 Å². The number of hydrogen-bond acceptors (Lipinski definition) is 5. The molecule has 1 heterocycles. The lowest BCUT2D eigenvalue weighted by atomic mass is 9.92. The molecule has 0 saturated carbocycles. The standard InChI is InChI=1S/C20H23FO3S2/c1-22-16-11-14(12-17(23-2)19(16)24-3)18(20-25-9-4-10-26-20)13-5-7-15(21)8-6-13/h5-8,11-12,18,20H,4,9-10H2,1-3H3. The summed E-state index contributed by atoms with van der Waals surface area (Å²) in [5, 5.41) is 0. The molecule has 1 unspecified atom stereocenters. The Morgan fingerprint density at radius 1 is 0.885 bits per heavy atom. The minimum absolute atomic E-state index is 0.111. The summed E-state index contributed by atoms with van der Waals surface area (Å²) in [5.74, 6) is 4.03. The molecule has 0 amide bonds. The Hall–Kier alpha value is -1.53. The highest BCUT2D eigenvalue weighted by Crippen LogP contribution is 2.48. The Labute approximate surface area is 162 Å². The zero-order chi connectivity index (χ0) is 18.5. The molecule has 3 rings (SSSR count). The van der Waals surface area contributed by atoms with E-state index in [2.05, 4.69) is 0 Å². The van der Waals surface area contributed by atoms with Crippen molar-refractivity contribution in [3.63, 3.8) is 0 Å². The molecule has 1 saturated heterocycles. The molecule has 26 heavy (non-hydrogen) atoms. The molecule has 0 aromatic heterocycles. The van der Waals surface area contributed by atoms with Gasteiger partial charge in [-0.05, 0) is 53.3 Å². The Balaban J connectivity index is 2.10. The van der Waals surface area contributed by atoms with Crippen LogP contribution in [0.5, 0.6) is 17.2 Å². The van der Waals surface area contributed by atoms with Crippen molar-refractivity contribution in [2.24, 2.45) is 0 Å². The number of methoxy groups -OCH3 is 3. The first-order valence-electron chi connectivity index (χ1n) is 8.46. The molecule has 140 valence electrons. The van der Waals surface area contributed by atoms with Crippen molar-refractivity contribution in [3.8, 4) is 17.2 Å². The fourth-order valence-electron chi connectivity index (χ4n) is 3.16. The Bertz CT molecular complexity index is 705. The zero-order valence-electron chi connectivity index (χ0n) is 15.2. The smallest absolute Gasteiger partial charge is 0.203 e. The van der Waals surface area contributed by atoms with Crippen LogP contribution in [0.3, 0.4) is 0 Å². The molecule has 0 N–H and O–H groups in total. The SMILES string of the molecule is COc1cc(C(c2ccc(F)cc2)C2SCCCS2)cc(OC)c1OC. The third kappa shape index (κ3) is 4.07. The number of benzene rings is 2. The van der Waals surface area contributed by atoms with Gasteiger partial charge >= 0.3 is 0 Å². The molecule has 6 heteroatoms. The maximum Gasteiger partial charge on any atom is 0.203 e. The number of rotatable bonds is 6. The maximum atomic E-state index is 13.5. The summed E-state index contributed by atoms with van der Waals surface area (Å²) in [5.41, 5.74) is 2.17. The third-order valence-electron chi connectivity index (χ3n) is 4.40. The van der Waals surface area contributed by atoms with E-state index in [9.17, 15) is 4.39 Å². The van der Waals surface area contributed by atoms with Crippen molar-refractivity contribution in [2.45, 2.75) is 16.9 Å². The van der Waals surface area contributed by atoms with Gasteiger partial charge in [0.05, 0.1) is 25.9 Å². The van der Waals surface area contributed by atoms with Crippen LogP contribution in [-0.4, -0.2) is 37.4 Å². The first-order valence-corrected chi connectivity index (χ1v) is 10.6. The van der Waals surface area contributed by atoms with E-state index in [1.807, 2.05) is 47.8 Å². The van der Waals surface area contributed by atoms with Crippen molar-refractivity contribution >= 4 is 23.5 Å².